The number of fused-ring (bicyclic) bond motifs is 1. The Bertz CT molecular complexity index is 1290. The third-order valence-electron chi connectivity index (χ3n) is 6.49. The SMILES string of the molecule is CN1CCC(c2ccc(-c3ccc4nc(Cc5ccccc5)[nH]c(=O)c4c3F)cc2)CC1. The number of benzene rings is 3. The second-order valence-electron chi connectivity index (χ2n) is 8.70. The van der Waals surface area contributed by atoms with E-state index in [9.17, 15) is 4.79 Å². The van der Waals surface area contributed by atoms with Crippen molar-refractivity contribution in [1.82, 2.24) is 14.9 Å². The predicted octanol–water partition coefficient (Wildman–Crippen LogP) is 5.13. The molecule has 0 aliphatic carbocycles. The molecule has 0 amide bonds. The van der Waals surface area contributed by atoms with Crippen LogP contribution >= 0.6 is 0 Å². The van der Waals surface area contributed by atoms with E-state index in [1.807, 2.05) is 42.5 Å². The van der Waals surface area contributed by atoms with Crippen molar-refractivity contribution in [1.29, 1.82) is 0 Å². The lowest BCUT2D eigenvalue weighted by Crippen LogP contribution is -2.29. The number of nitrogens with one attached hydrogen (secondary N) is 1. The molecule has 1 aliphatic rings. The molecular formula is C27H26FN3O. The van der Waals surface area contributed by atoms with Crippen LogP contribution in [0.3, 0.4) is 0 Å². The lowest BCUT2D eigenvalue weighted by Gasteiger charge is -2.29. The Morgan fingerprint density at radius 3 is 2.44 bits per heavy atom. The second kappa shape index (κ2) is 8.67. The molecule has 0 unspecified atom stereocenters. The van der Waals surface area contributed by atoms with Crippen molar-refractivity contribution >= 4 is 10.9 Å². The molecule has 32 heavy (non-hydrogen) atoms. The summed E-state index contributed by atoms with van der Waals surface area (Å²) in [6, 6.07) is 21.4. The van der Waals surface area contributed by atoms with Crippen molar-refractivity contribution in [2.75, 3.05) is 20.1 Å². The van der Waals surface area contributed by atoms with Gasteiger partial charge in [0.25, 0.3) is 5.56 Å². The fourth-order valence-electron chi connectivity index (χ4n) is 4.61. The molecule has 1 fully saturated rings. The average molecular weight is 428 g/mol. The van der Waals surface area contributed by atoms with Crippen LogP contribution in [0.1, 0.15) is 35.7 Å². The van der Waals surface area contributed by atoms with Crippen LogP contribution in [0.4, 0.5) is 4.39 Å². The molecule has 1 saturated heterocycles. The average Bonchev–Trinajstić information content (AvgIpc) is 2.80. The van der Waals surface area contributed by atoms with E-state index in [1.54, 1.807) is 12.1 Å². The van der Waals surface area contributed by atoms with Crippen molar-refractivity contribution in [3.05, 3.63) is 99.9 Å². The lowest BCUT2D eigenvalue weighted by molar-refractivity contribution is 0.255. The van der Waals surface area contributed by atoms with Crippen LogP contribution in [0.25, 0.3) is 22.0 Å². The molecule has 162 valence electrons. The van der Waals surface area contributed by atoms with Gasteiger partial charge in [-0.05, 0) is 67.7 Å². The first-order valence-corrected chi connectivity index (χ1v) is 11.1. The van der Waals surface area contributed by atoms with Gasteiger partial charge in [-0.15, -0.1) is 0 Å². The maximum Gasteiger partial charge on any atom is 0.261 e. The summed E-state index contributed by atoms with van der Waals surface area (Å²) in [6.45, 7) is 2.21. The van der Waals surface area contributed by atoms with E-state index in [4.69, 9.17) is 0 Å². The molecule has 1 N–H and O–H groups in total. The van der Waals surface area contributed by atoms with Crippen LogP contribution in [0, 0.1) is 5.82 Å². The molecular weight excluding hydrogens is 401 g/mol. The van der Waals surface area contributed by atoms with Crippen LogP contribution in [0.2, 0.25) is 0 Å². The molecule has 0 saturated carbocycles. The predicted molar refractivity (Wildman–Crippen MR) is 126 cm³/mol. The van der Waals surface area contributed by atoms with Gasteiger partial charge in [-0.2, -0.15) is 0 Å². The number of likely N-dealkylation sites (tertiary alicyclic amines) is 1. The number of piperidine rings is 1. The highest BCUT2D eigenvalue weighted by Gasteiger charge is 2.19. The molecule has 1 aromatic heterocycles. The van der Waals surface area contributed by atoms with E-state index in [2.05, 4.69) is 34.0 Å². The van der Waals surface area contributed by atoms with Gasteiger partial charge in [0.2, 0.25) is 0 Å². The fraction of sp³-hybridized carbons (Fsp3) is 0.259. The third kappa shape index (κ3) is 4.08. The minimum Gasteiger partial charge on any atom is -0.310 e. The summed E-state index contributed by atoms with van der Waals surface area (Å²) in [5.41, 5.74) is 3.47. The normalized spacial score (nSPS) is 15.3. The first-order chi connectivity index (χ1) is 15.6. The topological polar surface area (TPSA) is 49.0 Å². The van der Waals surface area contributed by atoms with Crippen LogP contribution in [0.5, 0.6) is 0 Å². The van der Waals surface area contributed by atoms with Crippen molar-refractivity contribution in [3.8, 4) is 11.1 Å². The maximum absolute atomic E-state index is 15.4. The number of H-pyrrole nitrogens is 1. The Morgan fingerprint density at radius 1 is 1.00 bits per heavy atom. The van der Waals surface area contributed by atoms with E-state index in [-0.39, 0.29) is 5.39 Å². The molecule has 0 radical (unpaired) electrons. The number of hydrogen-bond donors (Lipinski definition) is 1. The Hall–Kier alpha value is -3.31. The zero-order valence-corrected chi connectivity index (χ0v) is 18.1. The second-order valence-corrected chi connectivity index (χ2v) is 8.70. The number of hydrogen-bond acceptors (Lipinski definition) is 3. The summed E-state index contributed by atoms with van der Waals surface area (Å²) in [4.78, 5) is 22.4. The highest BCUT2D eigenvalue weighted by Crippen LogP contribution is 2.31. The molecule has 0 atom stereocenters. The number of rotatable bonds is 4. The van der Waals surface area contributed by atoms with Gasteiger partial charge in [-0.1, -0.05) is 54.6 Å². The van der Waals surface area contributed by atoms with Crippen molar-refractivity contribution in [2.45, 2.75) is 25.2 Å². The van der Waals surface area contributed by atoms with Crippen molar-refractivity contribution in [2.24, 2.45) is 0 Å². The van der Waals surface area contributed by atoms with Gasteiger partial charge >= 0.3 is 0 Å². The Kier molecular flexibility index (Phi) is 5.58. The third-order valence-corrected chi connectivity index (χ3v) is 6.49. The van der Waals surface area contributed by atoms with E-state index < -0.39 is 11.4 Å². The van der Waals surface area contributed by atoms with E-state index in [0.29, 0.717) is 29.2 Å². The Morgan fingerprint density at radius 2 is 1.72 bits per heavy atom. The molecule has 3 aromatic carbocycles. The number of nitrogens with zero attached hydrogens (tertiary/aromatic N) is 2. The van der Waals surface area contributed by atoms with Gasteiger partial charge in [0.15, 0.2) is 0 Å². The summed E-state index contributed by atoms with van der Waals surface area (Å²) < 4.78 is 15.4. The molecule has 0 spiro atoms. The summed E-state index contributed by atoms with van der Waals surface area (Å²) >= 11 is 0. The zero-order valence-electron chi connectivity index (χ0n) is 18.1. The number of aromatic nitrogens is 2. The standard InChI is InChI=1S/C27H26FN3O/c1-31-15-13-20(14-16-31)19-7-9-21(10-8-19)22-11-12-23-25(26(22)28)27(32)30-24(29-23)17-18-5-3-2-4-6-18/h2-12,20H,13-17H2,1H3,(H,29,30,32). The first kappa shape index (κ1) is 20.6. The summed E-state index contributed by atoms with van der Waals surface area (Å²) in [6.07, 6.45) is 2.78. The quantitative estimate of drug-likeness (QED) is 0.491. The van der Waals surface area contributed by atoms with E-state index in [1.165, 1.54) is 5.56 Å². The monoisotopic (exact) mass is 427 g/mol. The van der Waals surface area contributed by atoms with Crippen LogP contribution < -0.4 is 5.56 Å². The molecule has 0 bridgehead atoms. The van der Waals surface area contributed by atoms with Crippen molar-refractivity contribution < 1.29 is 4.39 Å². The molecule has 5 heteroatoms. The van der Waals surface area contributed by atoms with E-state index in [0.717, 1.165) is 37.1 Å². The summed E-state index contributed by atoms with van der Waals surface area (Å²) in [7, 11) is 2.16. The Labute approximate surface area is 186 Å². The summed E-state index contributed by atoms with van der Waals surface area (Å²) in [5, 5.41) is 0.0127. The number of aromatic amines is 1. The van der Waals surface area contributed by atoms with Gasteiger partial charge in [0.05, 0.1) is 5.52 Å². The van der Waals surface area contributed by atoms with Crippen LogP contribution in [0.15, 0.2) is 71.5 Å². The van der Waals surface area contributed by atoms with E-state index >= 15 is 4.39 Å². The van der Waals surface area contributed by atoms with Crippen molar-refractivity contribution in [3.63, 3.8) is 0 Å². The zero-order chi connectivity index (χ0) is 22.1. The smallest absolute Gasteiger partial charge is 0.261 e. The first-order valence-electron chi connectivity index (χ1n) is 11.1. The maximum atomic E-state index is 15.4. The van der Waals surface area contributed by atoms with Gasteiger partial charge < -0.3 is 9.88 Å². The molecule has 4 aromatic rings. The lowest BCUT2D eigenvalue weighted by atomic mass is 9.88. The highest BCUT2D eigenvalue weighted by molar-refractivity contribution is 5.84. The van der Waals surface area contributed by atoms with Gasteiger partial charge in [0.1, 0.15) is 17.0 Å². The summed E-state index contributed by atoms with van der Waals surface area (Å²) in [5.74, 6) is 0.565. The minimum absolute atomic E-state index is 0.0127. The molecule has 1 aliphatic heterocycles. The molecule has 4 nitrogen and oxygen atoms in total. The highest BCUT2D eigenvalue weighted by atomic mass is 19.1. The van der Waals surface area contributed by atoms with Gasteiger partial charge in [-0.25, -0.2) is 9.37 Å². The largest absolute Gasteiger partial charge is 0.310 e. The minimum atomic E-state index is -0.519. The Balaban J connectivity index is 1.45. The number of halogens is 1. The molecule has 2 heterocycles. The van der Waals surface area contributed by atoms with Crippen LogP contribution in [-0.4, -0.2) is 35.0 Å². The van der Waals surface area contributed by atoms with Gasteiger partial charge in [-0.3, -0.25) is 4.79 Å². The van der Waals surface area contributed by atoms with Gasteiger partial charge in [0, 0.05) is 12.0 Å². The molecule has 5 rings (SSSR count). The van der Waals surface area contributed by atoms with Crippen LogP contribution in [-0.2, 0) is 6.42 Å². The fourth-order valence-corrected chi connectivity index (χ4v) is 4.61.